The minimum Gasteiger partial charge on any atom is -1.00 e. The molecule has 10 aromatic rings. The van der Waals surface area contributed by atoms with Crippen LogP contribution in [-0.2, 0) is 22.2 Å². The predicted molar refractivity (Wildman–Crippen MR) is 261 cm³/mol. The number of ether oxygens (including phenoxy) is 3. The molecule has 0 aliphatic carbocycles. The average Bonchev–Trinajstić information content (AvgIpc) is 4.27. The van der Waals surface area contributed by atoms with Crippen molar-refractivity contribution >= 4 is 30.3 Å². The van der Waals surface area contributed by atoms with Gasteiger partial charge in [0.25, 0.3) is 12.4 Å². The Morgan fingerprint density at radius 1 is 0.644 bits per heavy atom. The van der Waals surface area contributed by atoms with Gasteiger partial charge in [0.2, 0.25) is 17.5 Å². The van der Waals surface area contributed by atoms with Crippen molar-refractivity contribution in [1.82, 2.24) is 59.8 Å². The number of hydrogen-bond donors (Lipinski definition) is 1. The average molecular weight is 1070 g/mol. The second kappa shape index (κ2) is 29.9. The molecule has 6 heterocycles. The number of nitrogens with zero attached hydrogens (tertiary/aromatic N) is 11. The summed E-state index contributed by atoms with van der Waals surface area (Å²) in [5, 5.41) is 32.0. The summed E-state index contributed by atoms with van der Waals surface area (Å²) in [6.45, 7) is 3.92. The molecule has 10 rings (SSSR count). The number of aromatic amines is 1. The SMILES string of the molecule is COc1ccc(-n2c(-c3ccncc3)n[nH]c2=S)cc1.COc1ccc(-n2c(OCc3nc(-c4ccc(C)cc4)no3)nnc2-c2ccncc2)cc1.Cc1ccc(-c2noc(CCl)n2)cc1.O=CO[O-].[H-].[K+].[K+]. The molecule has 0 radical (unpaired) electrons. The van der Waals surface area contributed by atoms with Crippen LogP contribution >= 0.6 is 23.8 Å². The van der Waals surface area contributed by atoms with E-state index < -0.39 is 0 Å². The van der Waals surface area contributed by atoms with E-state index in [1.54, 1.807) is 39.0 Å². The zero-order chi connectivity index (χ0) is 50.0. The van der Waals surface area contributed by atoms with E-state index in [0.29, 0.717) is 40.0 Å². The molecule has 0 unspecified atom stereocenters. The van der Waals surface area contributed by atoms with Gasteiger partial charge in [-0.15, -0.1) is 16.7 Å². The summed E-state index contributed by atoms with van der Waals surface area (Å²) in [4.78, 5) is 27.9. The van der Waals surface area contributed by atoms with Crippen LogP contribution in [0.25, 0.3) is 56.9 Å². The van der Waals surface area contributed by atoms with E-state index in [1.807, 2.05) is 144 Å². The number of aryl methyl sites for hydroxylation is 2. The number of rotatable bonds is 13. The van der Waals surface area contributed by atoms with Crippen molar-refractivity contribution in [3.05, 3.63) is 174 Å². The molecule has 24 heteroatoms. The minimum absolute atomic E-state index is 0. The van der Waals surface area contributed by atoms with Crippen LogP contribution in [0.5, 0.6) is 17.5 Å². The summed E-state index contributed by atoms with van der Waals surface area (Å²) in [6.07, 6.45) is 6.86. The van der Waals surface area contributed by atoms with E-state index in [1.165, 1.54) is 5.56 Å². The minimum atomic E-state index is -0.181. The molecular formula is C49H43ClK2N12O8S. The molecule has 0 saturated carbocycles. The Morgan fingerprint density at radius 2 is 1.10 bits per heavy atom. The monoisotopic (exact) mass is 1070 g/mol. The van der Waals surface area contributed by atoms with Gasteiger partial charge < -0.3 is 34.8 Å². The van der Waals surface area contributed by atoms with Gasteiger partial charge in [-0.25, -0.2) is 4.57 Å². The first kappa shape index (κ1) is 58.2. The maximum absolute atomic E-state index is 8.64. The van der Waals surface area contributed by atoms with Crippen molar-refractivity contribution in [1.29, 1.82) is 0 Å². The summed E-state index contributed by atoms with van der Waals surface area (Å²) >= 11 is 10.9. The van der Waals surface area contributed by atoms with Crippen LogP contribution in [0.3, 0.4) is 0 Å². The van der Waals surface area contributed by atoms with E-state index >= 15 is 0 Å². The third-order valence-electron chi connectivity index (χ3n) is 9.88. The van der Waals surface area contributed by atoms with Crippen LogP contribution in [0, 0.1) is 18.6 Å². The van der Waals surface area contributed by atoms with Gasteiger partial charge in [-0.1, -0.05) is 75.1 Å². The fourth-order valence-electron chi connectivity index (χ4n) is 6.37. The van der Waals surface area contributed by atoms with Crippen molar-refractivity contribution < 1.29 is 142 Å². The standard InChI is InChI=1S/C24H20N6O3.C14H12N4OS.C10H9ClN2O.CH2O3.2K.H/c1-16-3-5-17(6-4-16)22-26-21(33-29-22)15-32-24-28-27-23(18-11-13-25-14-12-18)30(24)19-7-9-20(31-2)10-8-19;1-19-12-4-2-11(3-5-12)18-13(16-17-14(18)20)10-6-8-15-9-7-10;1-7-2-4-8(5-3-7)10-12-9(6-11)14-13-10;2-1-4-3;;;/h3-14H,15H2,1-2H3;2-9H,1H3,(H,17,20);2-5H,6H2,1H3;1,3H;;;/q;;;;2*+1;-1/p-1. The quantitative estimate of drug-likeness (QED) is 0.0436. The zero-order valence-electron chi connectivity index (χ0n) is 41.3. The van der Waals surface area contributed by atoms with E-state index in [9.17, 15) is 0 Å². The van der Waals surface area contributed by atoms with Crippen LogP contribution < -0.4 is 122 Å². The first-order valence-electron chi connectivity index (χ1n) is 21.1. The van der Waals surface area contributed by atoms with E-state index in [-0.39, 0.29) is 123 Å². The maximum Gasteiger partial charge on any atom is 1.00 e. The number of pyridine rings is 2. The van der Waals surface area contributed by atoms with Crippen molar-refractivity contribution in [2.24, 2.45) is 0 Å². The topological polar surface area (TPSA) is 245 Å². The first-order valence-corrected chi connectivity index (χ1v) is 22.1. The number of halogens is 1. The van der Waals surface area contributed by atoms with Crippen molar-refractivity contribution in [3.8, 4) is 74.4 Å². The van der Waals surface area contributed by atoms with E-state index in [2.05, 4.69) is 55.5 Å². The molecule has 0 saturated heterocycles. The van der Waals surface area contributed by atoms with Gasteiger partial charge in [-0.2, -0.15) is 15.1 Å². The molecule has 6 aromatic heterocycles. The predicted octanol–water partition coefficient (Wildman–Crippen LogP) is 2.61. The molecule has 0 aliphatic heterocycles. The fraction of sp³-hybridized carbons (Fsp3) is 0.122. The van der Waals surface area contributed by atoms with Gasteiger partial charge in [-0.05, 0) is 98.9 Å². The smallest absolute Gasteiger partial charge is 1.00 e. The summed E-state index contributed by atoms with van der Waals surface area (Å²) in [5.41, 5.74) is 7.71. The Balaban J connectivity index is 0.000000247. The summed E-state index contributed by atoms with van der Waals surface area (Å²) in [7, 11) is 3.26. The molecule has 4 aromatic carbocycles. The van der Waals surface area contributed by atoms with E-state index in [4.69, 9.17) is 57.1 Å². The van der Waals surface area contributed by atoms with Crippen LogP contribution in [0.2, 0.25) is 0 Å². The van der Waals surface area contributed by atoms with Gasteiger partial charge in [0.05, 0.1) is 25.6 Å². The molecule has 0 aliphatic rings. The molecule has 73 heavy (non-hydrogen) atoms. The maximum atomic E-state index is 8.64. The number of methoxy groups -OCH3 is 2. The molecule has 20 nitrogen and oxygen atoms in total. The molecule has 0 amide bonds. The number of H-pyrrole nitrogens is 1. The summed E-state index contributed by atoms with van der Waals surface area (Å²) < 4.78 is 30.9. The van der Waals surface area contributed by atoms with Gasteiger partial charge in [0, 0.05) is 47.0 Å². The fourth-order valence-corrected chi connectivity index (χ4v) is 6.71. The number of aromatic nitrogens is 12. The number of carbonyl (C=O) groups is 1. The largest absolute Gasteiger partial charge is 1.00 e. The normalized spacial score (nSPS) is 10.1. The number of carbonyl (C=O) groups excluding carboxylic acids is 1. The van der Waals surface area contributed by atoms with Gasteiger partial charge in [-0.3, -0.25) is 24.4 Å². The van der Waals surface area contributed by atoms with Gasteiger partial charge in [0.1, 0.15) is 17.4 Å². The van der Waals surface area contributed by atoms with Crippen molar-refractivity contribution in [3.63, 3.8) is 0 Å². The second-order valence-electron chi connectivity index (χ2n) is 14.6. The second-order valence-corrected chi connectivity index (χ2v) is 15.2. The molecule has 0 bridgehead atoms. The molecule has 0 atom stereocenters. The Morgan fingerprint density at radius 3 is 1.55 bits per heavy atom. The third-order valence-corrected chi connectivity index (χ3v) is 10.4. The van der Waals surface area contributed by atoms with Gasteiger partial charge >= 0.3 is 109 Å². The molecular weight excluding hydrogens is 1030 g/mol. The van der Waals surface area contributed by atoms with Crippen molar-refractivity contribution in [2.45, 2.75) is 26.3 Å². The van der Waals surface area contributed by atoms with Crippen molar-refractivity contribution in [2.75, 3.05) is 14.2 Å². The Labute approximate surface area is 514 Å². The van der Waals surface area contributed by atoms with Crippen LogP contribution in [-0.4, -0.2) is 80.5 Å². The molecule has 0 fully saturated rings. The molecule has 1 N–H and O–H groups in total. The summed E-state index contributed by atoms with van der Waals surface area (Å²) in [6, 6.07) is 38.8. The Hall–Kier alpha value is -5.65. The van der Waals surface area contributed by atoms with Crippen LogP contribution in [0.15, 0.2) is 155 Å². The number of benzene rings is 4. The molecule has 362 valence electrons. The number of alkyl halides is 1. The molecule has 0 spiro atoms. The third kappa shape index (κ3) is 16.2. The Bertz CT molecular complexity index is 3280. The van der Waals surface area contributed by atoms with Crippen LogP contribution in [0.4, 0.5) is 0 Å². The number of nitrogens with one attached hydrogen (secondary N) is 1. The zero-order valence-corrected chi connectivity index (χ0v) is 48.1. The first-order chi connectivity index (χ1) is 34.7. The Kier molecular flexibility index (Phi) is 23.9. The summed E-state index contributed by atoms with van der Waals surface area (Å²) in [5.74, 6) is 5.03. The van der Waals surface area contributed by atoms with Crippen LogP contribution in [0.1, 0.15) is 24.3 Å². The van der Waals surface area contributed by atoms with E-state index in [0.717, 1.165) is 56.5 Å². The number of hydrogen-bond acceptors (Lipinski definition) is 18. The van der Waals surface area contributed by atoms with Gasteiger partial charge in [0.15, 0.2) is 23.0 Å².